The highest BCUT2D eigenvalue weighted by atomic mass is 19.1. The minimum Gasteiger partial charge on any atom is -0.444 e. The summed E-state index contributed by atoms with van der Waals surface area (Å²) < 4.78 is 34.7. The monoisotopic (exact) mass is 540 g/mol. The Kier molecular flexibility index (Phi) is 8.71. The summed E-state index contributed by atoms with van der Waals surface area (Å²) in [6, 6.07) is 12.7. The molecule has 1 fully saturated rings. The number of rotatable bonds is 11. The summed E-state index contributed by atoms with van der Waals surface area (Å²) in [5, 5.41) is 21.9. The third kappa shape index (κ3) is 7.42. The van der Waals surface area contributed by atoms with Crippen LogP contribution in [0.4, 0.5) is 13.6 Å². The van der Waals surface area contributed by atoms with Crippen molar-refractivity contribution in [1.29, 1.82) is 0 Å². The lowest BCUT2D eigenvalue weighted by Gasteiger charge is -2.29. The molecule has 4 atom stereocenters. The molecule has 210 valence electrons. The molecule has 0 saturated heterocycles. The van der Waals surface area contributed by atoms with E-state index in [1.165, 1.54) is 12.1 Å². The van der Waals surface area contributed by atoms with Gasteiger partial charge in [0.15, 0.2) is 0 Å². The number of hydrogen-bond donors (Lipinski definition) is 3. The van der Waals surface area contributed by atoms with Gasteiger partial charge in [0.2, 0.25) is 0 Å². The van der Waals surface area contributed by atoms with E-state index in [-0.39, 0.29) is 24.9 Å². The summed E-state index contributed by atoms with van der Waals surface area (Å²) in [6.07, 6.45) is 4.43. The first-order valence-corrected chi connectivity index (χ1v) is 13.5. The fourth-order valence-corrected chi connectivity index (χ4v) is 5.17. The van der Waals surface area contributed by atoms with Crippen molar-refractivity contribution in [3.05, 3.63) is 83.7 Å². The third-order valence-electron chi connectivity index (χ3n) is 7.19. The van der Waals surface area contributed by atoms with Crippen LogP contribution in [0.2, 0.25) is 0 Å². The normalized spacial score (nSPS) is 20.3. The zero-order chi connectivity index (χ0) is 28.2. The Hall–Kier alpha value is -3.30. The number of hydrogen-bond acceptors (Lipinski definition) is 5. The number of carbonyl (C=O) groups is 1. The second-order valence-electron chi connectivity index (χ2n) is 11.3. The smallest absolute Gasteiger partial charge is 0.407 e. The molecule has 1 amide bonds. The van der Waals surface area contributed by atoms with Crippen LogP contribution in [0.1, 0.15) is 58.1 Å². The zero-order valence-corrected chi connectivity index (χ0v) is 23.0. The van der Waals surface area contributed by atoms with Crippen molar-refractivity contribution < 1.29 is 23.4 Å². The lowest BCUT2D eigenvalue weighted by atomic mass is 9.98. The lowest BCUT2D eigenvalue weighted by Crippen LogP contribution is -2.50. The first kappa shape index (κ1) is 28.7. The van der Waals surface area contributed by atoms with Crippen LogP contribution in [-0.2, 0) is 16.7 Å². The van der Waals surface area contributed by atoms with E-state index in [4.69, 9.17) is 4.74 Å². The number of carbonyl (C=O) groups excluding carboxylic acids is 1. The second-order valence-corrected chi connectivity index (χ2v) is 11.3. The minimum absolute atomic E-state index is 0.209. The molecule has 0 spiro atoms. The standard InChI is InChI=1S/C30H38F2N4O3/c1-5-21-18-30(21,22-8-6-9-25(16-22)36-13-7-12-34-36)33-19-27(37)26(35-28(38)39-29(2,3)4)11-10-20-14-23(31)17-24(32)15-20/h6-9,12-17,21,26-27,33,37H,5,10-11,18-19H2,1-4H3,(H,35,38). The molecule has 1 aliphatic rings. The molecule has 0 bridgehead atoms. The van der Waals surface area contributed by atoms with Crippen LogP contribution in [-0.4, -0.2) is 45.3 Å². The van der Waals surface area contributed by atoms with Gasteiger partial charge in [-0.2, -0.15) is 5.10 Å². The van der Waals surface area contributed by atoms with Gasteiger partial charge in [0.1, 0.15) is 17.2 Å². The quantitative estimate of drug-likeness (QED) is 0.309. The Morgan fingerprint density at radius 2 is 1.95 bits per heavy atom. The molecular formula is C30H38F2N4O3. The van der Waals surface area contributed by atoms with Crippen LogP contribution in [0.5, 0.6) is 0 Å². The predicted molar refractivity (Wildman–Crippen MR) is 145 cm³/mol. The molecule has 4 unspecified atom stereocenters. The van der Waals surface area contributed by atoms with E-state index in [2.05, 4.69) is 34.8 Å². The Morgan fingerprint density at radius 1 is 1.21 bits per heavy atom. The molecule has 1 aromatic heterocycles. The molecule has 2 aromatic carbocycles. The van der Waals surface area contributed by atoms with Gasteiger partial charge in [0.05, 0.1) is 17.8 Å². The lowest BCUT2D eigenvalue weighted by molar-refractivity contribution is 0.0410. The minimum atomic E-state index is -0.972. The van der Waals surface area contributed by atoms with E-state index in [0.29, 0.717) is 11.5 Å². The number of aliphatic hydroxyl groups is 1. The van der Waals surface area contributed by atoms with Crippen LogP contribution < -0.4 is 10.6 Å². The number of amides is 1. The highest BCUT2D eigenvalue weighted by Crippen LogP contribution is 2.54. The largest absolute Gasteiger partial charge is 0.444 e. The average Bonchev–Trinajstić information content (AvgIpc) is 3.31. The van der Waals surface area contributed by atoms with Crippen molar-refractivity contribution in [3.8, 4) is 5.69 Å². The van der Waals surface area contributed by atoms with Crippen molar-refractivity contribution in [1.82, 2.24) is 20.4 Å². The first-order chi connectivity index (χ1) is 18.5. The number of halogens is 2. The Balaban J connectivity index is 1.48. The van der Waals surface area contributed by atoms with E-state index in [9.17, 15) is 18.7 Å². The molecule has 7 nitrogen and oxygen atoms in total. The number of nitrogens with one attached hydrogen (secondary N) is 2. The highest BCUT2D eigenvalue weighted by Gasteiger charge is 2.54. The predicted octanol–water partition coefficient (Wildman–Crippen LogP) is 5.25. The number of aryl methyl sites for hydroxylation is 1. The van der Waals surface area contributed by atoms with E-state index in [0.717, 1.165) is 30.2 Å². The summed E-state index contributed by atoms with van der Waals surface area (Å²) in [4.78, 5) is 12.6. The molecule has 9 heteroatoms. The third-order valence-corrected chi connectivity index (χ3v) is 7.19. The summed E-state index contributed by atoms with van der Waals surface area (Å²) in [6.45, 7) is 7.63. The summed E-state index contributed by atoms with van der Waals surface area (Å²) in [5.41, 5.74) is 1.49. The molecule has 39 heavy (non-hydrogen) atoms. The van der Waals surface area contributed by atoms with Crippen LogP contribution >= 0.6 is 0 Å². The van der Waals surface area contributed by atoms with Gasteiger partial charge >= 0.3 is 6.09 Å². The van der Waals surface area contributed by atoms with Gasteiger partial charge in [0, 0.05) is 30.5 Å². The van der Waals surface area contributed by atoms with Crippen molar-refractivity contribution in [2.75, 3.05) is 6.54 Å². The van der Waals surface area contributed by atoms with Gasteiger partial charge < -0.3 is 20.5 Å². The highest BCUT2D eigenvalue weighted by molar-refractivity contribution is 5.68. The van der Waals surface area contributed by atoms with Crippen molar-refractivity contribution in [3.63, 3.8) is 0 Å². The summed E-state index contributed by atoms with van der Waals surface area (Å²) in [5.74, 6) is -0.935. The van der Waals surface area contributed by atoms with Crippen molar-refractivity contribution in [2.45, 2.75) is 76.7 Å². The number of aliphatic hydroxyl groups excluding tert-OH is 1. The van der Waals surface area contributed by atoms with Crippen LogP contribution in [0.25, 0.3) is 5.69 Å². The number of nitrogens with zero attached hydrogens (tertiary/aromatic N) is 2. The Morgan fingerprint density at radius 3 is 2.56 bits per heavy atom. The van der Waals surface area contributed by atoms with E-state index < -0.39 is 35.5 Å². The van der Waals surface area contributed by atoms with Gasteiger partial charge in [-0.25, -0.2) is 18.3 Å². The summed E-state index contributed by atoms with van der Waals surface area (Å²) >= 11 is 0. The van der Waals surface area contributed by atoms with Crippen LogP contribution in [0.15, 0.2) is 60.9 Å². The molecule has 0 radical (unpaired) electrons. The maximum atomic E-state index is 13.7. The van der Waals surface area contributed by atoms with Gasteiger partial charge in [-0.1, -0.05) is 25.5 Å². The zero-order valence-electron chi connectivity index (χ0n) is 23.0. The van der Waals surface area contributed by atoms with Crippen molar-refractivity contribution >= 4 is 6.09 Å². The maximum Gasteiger partial charge on any atom is 0.407 e. The van der Waals surface area contributed by atoms with Gasteiger partial charge in [-0.3, -0.25) is 0 Å². The second kappa shape index (κ2) is 11.8. The van der Waals surface area contributed by atoms with Crippen LogP contribution in [0, 0.1) is 17.6 Å². The molecule has 1 heterocycles. The van der Waals surface area contributed by atoms with Gasteiger partial charge in [-0.05, 0) is 87.4 Å². The number of aromatic nitrogens is 2. The van der Waals surface area contributed by atoms with E-state index in [1.807, 2.05) is 29.1 Å². The molecule has 1 aliphatic carbocycles. The Bertz CT molecular complexity index is 1240. The van der Waals surface area contributed by atoms with Crippen LogP contribution in [0.3, 0.4) is 0 Å². The van der Waals surface area contributed by atoms with Gasteiger partial charge in [-0.15, -0.1) is 0 Å². The topological polar surface area (TPSA) is 88.4 Å². The number of ether oxygens (including phenoxy) is 1. The maximum absolute atomic E-state index is 13.7. The average molecular weight is 541 g/mol. The first-order valence-electron chi connectivity index (χ1n) is 13.5. The molecule has 3 aromatic rings. The Labute approximate surface area is 228 Å². The van der Waals surface area contributed by atoms with Gasteiger partial charge in [0.25, 0.3) is 0 Å². The molecular weight excluding hydrogens is 502 g/mol. The van der Waals surface area contributed by atoms with Crippen molar-refractivity contribution in [2.24, 2.45) is 5.92 Å². The molecule has 1 saturated carbocycles. The summed E-state index contributed by atoms with van der Waals surface area (Å²) in [7, 11) is 0. The number of alkyl carbamates (subject to hydrolysis) is 1. The van der Waals surface area contributed by atoms with E-state index >= 15 is 0 Å². The molecule has 4 rings (SSSR count). The SMILES string of the molecule is CCC1CC1(NCC(O)C(CCc1cc(F)cc(F)c1)NC(=O)OC(C)(C)C)c1cccc(-n2cccn2)c1. The number of benzene rings is 2. The fourth-order valence-electron chi connectivity index (χ4n) is 5.17. The molecule has 3 N–H and O–H groups in total. The van der Waals surface area contributed by atoms with E-state index in [1.54, 1.807) is 27.0 Å². The molecule has 0 aliphatic heterocycles. The fraction of sp³-hybridized carbons (Fsp3) is 0.467.